The molecule has 2 aliphatic rings. The van der Waals surface area contributed by atoms with Crippen molar-refractivity contribution in [2.45, 2.75) is 0 Å². The molecule has 0 bridgehead atoms. The van der Waals surface area contributed by atoms with Crippen LogP contribution in [0.4, 0.5) is 0 Å². The number of nitrogens with zero attached hydrogens (tertiary/aromatic N) is 3. The molecule has 0 radical (unpaired) electrons. The van der Waals surface area contributed by atoms with E-state index in [0.29, 0.717) is 0 Å². The summed E-state index contributed by atoms with van der Waals surface area (Å²) < 4.78 is 1.09. The first-order valence-corrected chi connectivity index (χ1v) is 9.12. The minimum absolute atomic E-state index is 0.907. The largest absolute Gasteiger partial charge is 0.348 e. The Morgan fingerprint density at radius 2 is 1.79 bits per heavy atom. The Morgan fingerprint density at radius 1 is 1.05 bits per heavy atom. The number of hydrogen-bond donors (Lipinski definition) is 0. The van der Waals surface area contributed by atoms with Gasteiger partial charge in [0.2, 0.25) is 0 Å². The fourth-order valence-electron chi connectivity index (χ4n) is 1.99. The van der Waals surface area contributed by atoms with Gasteiger partial charge in [-0.1, -0.05) is 39.8 Å². The molecule has 0 spiro atoms. The molecule has 0 aliphatic carbocycles. The van der Waals surface area contributed by atoms with E-state index in [1.54, 1.807) is 11.8 Å². The lowest BCUT2D eigenvalue weighted by Crippen LogP contribution is -2.37. The van der Waals surface area contributed by atoms with Crippen molar-refractivity contribution in [2.24, 2.45) is 10.2 Å². The van der Waals surface area contributed by atoms with Crippen LogP contribution in [0.5, 0.6) is 0 Å². The van der Waals surface area contributed by atoms with Gasteiger partial charge in [-0.25, -0.2) is 0 Å². The maximum Gasteiger partial charge on any atom is 0.186 e. The summed E-state index contributed by atoms with van der Waals surface area (Å²) in [6, 6.07) is 8.26. The fraction of sp³-hybridized carbons (Fsp3) is 0.385. The summed E-state index contributed by atoms with van der Waals surface area (Å²) in [5.74, 6) is 3.30. The highest BCUT2D eigenvalue weighted by molar-refractivity contribution is 9.10. The highest BCUT2D eigenvalue weighted by Gasteiger charge is 2.19. The minimum Gasteiger partial charge on any atom is -0.348 e. The van der Waals surface area contributed by atoms with Crippen LogP contribution in [0.1, 0.15) is 5.56 Å². The van der Waals surface area contributed by atoms with E-state index < -0.39 is 0 Å². The van der Waals surface area contributed by atoms with Crippen LogP contribution >= 0.6 is 39.5 Å². The lowest BCUT2D eigenvalue weighted by atomic mass is 10.1. The summed E-state index contributed by atoms with van der Waals surface area (Å²) in [5.41, 5.74) is 2.22. The predicted octanol–water partition coefficient (Wildman–Crippen LogP) is 3.30. The summed E-state index contributed by atoms with van der Waals surface area (Å²) in [5, 5.41) is 9.90. The lowest BCUT2D eigenvalue weighted by Gasteiger charge is -2.29. The van der Waals surface area contributed by atoms with Crippen molar-refractivity contribution in [3.63, 3.8) is 0 Å². The molecule has 0 N–H and O–H groups in total. The minimum atomic E-state index is 0.907. The van der Waals surface area contributed by atoms with E-state index in [0.717, 1.165) is 39.8 Å². The van der Waals surface area contributed by atoms with Crippen LogP contribution in [-0.4, -0.2) is 46.1 Å². The summed E-state index contributed by atoms with van der Waals surface area (Å²) in [6.07, 6.45) is 0. The Morgan fingerprint density at radius 3 is 2.42 bits per heavy atom. The number of rotatable bonds is 1. The van der Waals surface area contributed by atoms with Gasteiger partial charge in [-0.3, -0.25) is 0 Å². The molecule has 1 saturated heterocycles. The Bertz CT molecular complexity index is 507. The van der Waals surface area contributed by atoms with Crippen molar-refractivity contribution in [3.8, 4) is 0 Å². The van der Waals surface area contributed by atoms with E-state index in [2.05, 4.69) is 43.2 Å². The molecular weight excluding hydrogens is 342 g/mol. The van der Waals surface area contributed by atoms with Crippen molar-refractivity contribution in [2.75, 3.05) is 30.3 Å². The normalized spacial score (nSPS) is 19.9. The van der Waals surface area contributed by atoms with E-state index in [1.165, 1.54) is 11.5 Å². The van der Waals surface area contributed by atoms with E-state index in [9.17, 15) is 0 Å². The quantitative estimate of drug-likeness (QED) is 0.773. The van der Waals surface area contributed by atoms with Gasteiger partial charge >= 0.3 is 0 Å². The third kappa shape index (κ3) is 3.35. The van der Waals surface area contributed by atoms with Gasteiger partial charge in [0.1, 0.15) is 0 Å². The zero-order chi connectivity index (χ0) is 13.1. The monoisotopic (exact) mass is 355 g/mol. The van der Waals surface area contributed by atoms with Gasteiger partial charge < -0.3 is 4.90 Å². The highest BCUT2D eigenvalue weighted by Crippen LogP contribution is 2.21. The molecule has 1 aromatic carbocycles. The maximum absolute atomic E-state index is 4.41. The van der Waals surface area contributed by atoms with Crippen LogP contribution in [-0.2, 0) is 0 Å². The summed E-state index contributed by atoms with van der Waals surface area (Å²) in [7, 11) is 0. The van der Waals surface area contributed by atoms with Crippen LogP contribution in [0.2, 0.25) is 0 Å². The molecule has 0 atom stereocenters. The maximum atomic E-state index is 4.41. The molecule has 3 rings (SSSR count). The summed E-state index contributed by atoms with van der Waals surface area (Å²) in [4.78, 5) is 2.35. The second kappa shape index (κ2) is 6.33. The number of amidine groups is 1. The van der Waals surface area contributed by atoms with Gasteiger partial charge in [0.25, 0.3) is 0 Å². The van der Waals surface area contributed by atoms with Crippen LogP contribution < -0.4 is 0 Å². The first-order valence-electron chi connectivity index (χ1n) is 6.19. The molecule has 3 nitrogen and oxygen atoms in total. The third-order valence-corrected chi connectivity index (χ3v) is 5.54. The molecule has 0 unspecified atom stereocenters. The standard InChI is InChI=1S/C13H14BrN3S2/c14-11-3-1-10(2-4-11)12-9-19-13(16-15-12)17-5-7-18-8-6-17/h1-4H,5-9H2. The molecule has 0 aromatic heterocycles. The summed E-state index contributed by atoms with van der Waals surface area (Å²) in [6.45, 7) is 2.19. The topological polar surface area (TPSA) is 28.0 Å². The van der Waals surface area contributed by atoms with E-state index in [4.69, 9.17) is 0 Å². The van der Waals surface area contributed by atoms with Gasteiger partial charge in [-0.2, -0.15) is 16.9 Å². The third-order valence-electron chi connectivity index (χ3n) is 3.05. The summed E-state index contributed by atoms with van der Waals surface area (Å²) >= 11 is 7.27. The lowest BCUT2D eigenvalue weighted by molar-refractivity contribution is 0.470. The molecule has 1 aromatic rings. The molecule has 0 saturated carbocycles. The van der Waals surface area contributed by atoms with E-state index in [-0.39, 0.29) is 0 Å². The molecule has 2 heterocycles. The highest BCUT2D eigenvalue weighted by atomic mass is 79.9. The Hall–Kier alpha value is -0.460. The predicted molar refractivity (Wildman–Crippen MR) is 89.5 cm³/mol. The number of hydrogen-bond acceptors (Lipinski definition) is 5. The first-order chi connectivity index (χ1) is 9.33. The van der Waals surface area contributed by atoms with Crippen molar-refractivity contribution < 1.29 is 0 Å². The Balaban J connectivity index is 1.74. The average Bonchev–Trinajstić information content (AvgIpc) is 2.49. The molecule has 2 aliphatic heterocycles. The zero-order valence-corrected chi connectivity index (χ0v) is 13.6. The van der Waals surface area contributed by atoms with E-state index in [1.807, 2.05) is 23.9 Å². The van der Waals surface area contributed by atoms with E-state index >= 15 is 0 Å². The average molecular weight is 356 g/mol. The Kier molecular flexibility index (Phi) is 4.50. The fourth-order valence-corrected chi connectivity index (χ4v) is 4.11. The molecule has 100 valence electrons. The van der Waals surface area contributed by atoms with Crippen molar-refractivity contribution in [3.05, 3.63) is 34.3 Å². The van der Waals surface area contributed by atoms with Crippen molar-refractivity contribution in [1.82, 2.24) is 4.90 Å². The molecule has 6 heteroatoms. The second-order valence-corrected chi connectivity index (χ2v) is 7.41. The van der Waals surface area contributed by atoms with Crippen LogP contribution in [0.25, 0.3) is 0 Å². The van der Waals surface area contributed by atoms with Gasteiger partial charge in [0, 0.05) is 34.8 Å². The van der Waals surface area contributed by atoms with Crippen LogP contribution in [0.3, 0.4) is 0 Å². The SMILES string of the molecule is Brc1ccc(C2=NN=C(N3CCSCC3)SC2)cc1. The smallest absolute Gasteiger partial charge is 0.186 e. The molecule has 19 heavy (non-hydrogen) atoms. The van der Waals surface area contributed by atoms with Crippen LogP contribution in [0, 0.1) is 0 Å². The number of halogens is 1. The first kappa shape index (κ1) is 13.5. The van der Waals surface area contributed by atoms with Crippen molar-refractivity contribution in [1.29, 1.82) is 0 Å². The Labute approximate surface area is 130 Å². The second-order valence-electron chi connectivity index (χ2n) is 4.32. The molecule has 1 fully saturated rings. The van der Waals surface area contributed by atoms with Crippen molar-refractivity contribution >= 4 is 50.3 Å². The van der Waals surface area contributed by atoms with Crippen LogP contribution in [0.15, 0.2) is 38.9 Å². The van der Waals surface area contributed by atoms with Gasteiger partial charge in [0.05, 0.1) is 5.71 Å². The number of benzene rings is 1. The van der Waals surface area contributed by atoms with Gasteiger partial charge in [-0.15, -0.1) is 5.10 Å². The zero-order valence-electron chi connectivity index (χ0n) is 10.4. The van der Waals surface area contributed by atoms with Gasteiger partial charge in [-0.05, 0) is 17.7 Å². The molecular formula is C13H14BrN3S2. The number of thioether (sulfide) groups is 2. The van der Waals surface area contributed by atoms with Gasteiger partial charge in [0.15, 0.2) is 5.17 Å². The molecule has 0 amide bonds.